The normalized spacial score (nSPS) is 21.5. The van der Waals surface area contributed by atoms with Gasteiger partial charge in [0.05, 0.1) is 25.4 Å². The first-order valence-electron chi connectivity index (χ1n) is 24.0. The Morgan fingerprint density at radius 3 is 1.57 bits per heavy atom. The van der Waals surface area contributed by atoms with Crippen molar-refractivity contribution < 1.29 is 57.0 Å². The summed E-state index contributed by atoms with van der Waals surface area (Å²) in [6.07, 6.45) is 32.4. The number of amides is 1. The smallest absolute Gasteiger partial charge is 0.394 e. The van der Waals surface area contributed by atoms with Gasteiger partial charge in [-0.2, -0.15) is 8.42 Å². The number of carbonyl (C=O) groups is 1. The molecule has 1 fully saturated rings. The van der Waals surface area contributed by atoms with Crippen LogP contribution in [0, 0.1) is 0 Å². The molecule has 1 aliphatic rings. The number of nitrogens with one attached hydrogen (secondary N) is 1. The minimum atomic E-state index is -5.12. The van der Waals surface area contributed by atoms with Gasteiger partial charge in [0, 0.05) is 0 Å². The summed E-state index contributed by atoms with van der Waals surface area (Å²) in [5.41, 5.74) is 0. The quantitative estimate of drug-likeness (QED) is 0.0175. The molecule has 14 heteroatoms. The average Bonchev–Trinajstić information content (AvgIpc) is 3.23. The van der Waals surface area contributed by atoms with Crippen LogP contribution in [-0.4, -0.2) is 107 Å². The summed E-state index contributed by atoms with van der Waals surface area (Å²) >= 11 is 0. The van der Waals surface area contributed by atoms with E-state index in [9.17, 15) is 43.3 Å². The van der Waals surface area contributed by atoms with Crippen molar-refractivity contribution in [2.45, 2.75) is 243 Å². The lowest BCUT2D eigenvalue weighted by Gasteiger charge is -2.41. The van der Waals surface area contributed by atoms with E-state index in [2.05, 4.69) is 47.7 Å². The van der Waals surface area contributed by atoms with Crippen molar-refractivity contribution in [3.8, 4) is 0 Å². The van der Waals surface area contributed by atoms with E-state index in [1.165, 1.54) is 122 Å². The van der Waals surface area contributed by atoms with E-state index < -0.39 is 78.5 Å². The fourth-order valence-electron chi connectivity index (χ4n) is 7.43. The van der Waals surface area contributed by atoms with Gasteiger partial charge < -0.3 is 40.3 Å². The Hall–Kier alpha value is -1.72. The van der Waals surface area contributed by atoms with Crippen LogP contribution in [0.5, 0.6) is 0 Å². The molecule has 7 N–H and O–H groups in total. The van der Waals surface area contributed by atoms with E-state index in [1.807, 2.05) is 0 Å². The van der Waals surface area contributed by atoms with Gasteiger partial charge in [-0.05, 0) is 44.9 Å². The zero-order valence-corrected chi connectivity index (χ0v) is 38.7. The standard InChI is InChI=1S/C47H87NO12S/c1-3-5-7-9-11-13-15-16-17-18-19-20-21-22-23-24-26-27-29-31-33-35-40(50)39(38-58-47-44(53)45(60-61(55,56)57)43(52)42(37-49)59-47)48-46(54)41(51)36-34-32-30-28-25-14-12-10-8-6-4-2/h21-22,26-27,33,35,39-45,47,49-53H,3-20,23-25,28-32,34,36-38H2,1-2H3,(H,48,54)(H,55,56,57)/b22-21+,27-26+,35-33+. The number of carbonyl (C=O) groups excluding carboxylic acids is 1. The molecule has 0 spiro atoms. The van der Waals surface area contributed by atoms with E-state index in [-0.39, 0.29) is 6.42 Å². The van der Waals surface area contributed by atoms with Crippen LogP contribution >= 0.6 is 0 Å². The number of aliphatic hydroxyl groups excluding tert-OH is 5. The molecule has 13 nitrogen and oxygen atoms in total. The molecule has 358 valence electrons. The van der Waals surface area contributed by atoms with E-state index >= 15 is 0 Å². The third kappa shape index (κ3) is 30.1. The lowest BCUT2D eigenvalue weighted by atomic mass is 9.99. The molecule has 0 aromatic carbocycles. The molecular weight excluding hydrogens is 803 g/mol. The predicted octanol–water partition coefficient (Wildman–Crippen LogP) is 8.47. The molecule has 1 rings (SSSR count). The van der Waals surface area contributed by atoms with Crippen LogP contribution in [0.4, 0.5) is 0 Å². The van der Waals surface area contributed by atoms with Crippen molar-refractivity contribution >= 4 is 16.3 Å². The number of allylic oxidation sites excluding steroid dienone is 5. The van der Waals surface area contributed by atoms with Crippen LogP contribution in [0.25, 0.3) is 0 Å². The molecule has 0 saturated carbocycles. The Morgan fingerprint density at radius 1 is 0.656 bits per heavy atom. The Bertz CT molecular complexity index is 1250. The summed E-state index contributed by atoms with van der Waals surface area (Å²) in [6, 6.07) is -1.14. The second kappa shape index (κ2) is 37.6. The first kappa shape index (κ1) is 57.3. The van der Waals surface area contributed by atoms with Crippen LogP contribution in [0.15, 0.2) is 36.5 Å². The third-order valence-corrected chi connectivity index (χ3v) is 11.7. The second-order valence-corrected chi connectivity index (χ2v) is 17.9. The van der Waals surface area contributed by atoms with Gasteiger partial charge in [-0.3, -0.25) is 9.35 Å². The molecule has 0 aliphatic carbocycles. The van der Waals surface area contributed by atoms with Crippen molar-refractivity contribution in [1.82, 2.24) is 5.32 Å². The molecule has 1 heterocycles. The average molecular weight is 890 g/mol. The van der Waals surface area contributed by atoms with Crippen molar-refractivity contribution in [2.75, 3.05) is 13.2 Å². The summed E-state index contributed by atoms with van der Waals surface area (Å²) in [6.45, 7) is 3.18. The summed E-state index contributed by atoms with van der Waals surface area (Å²) in [4.78, 5) is 13.1. The van der Waals surface area contributed by atoms with Crippen molar-refractivity contribution in [3.63, 3.8) is 0 Å². The Balaban J connectivity index is 2.59. The maximum Gasteiger partial charge on any atom is 0.397 e. The fraction of sp³-hybridized carbons (Fsp3) is 0.851. The largest absolute Gasteiger partial charge is 0.397 e. The number of unbranched alkanes of at least 4 members (excludes halogenated alkanes) is 23. The number of aliphatic hydroxyl groups is 5. The number of ether oxygens (including phenoxy) is 2. The molecule has 8 unspecified atom stereocenters. The van der Waals surface area contributed by atoms with Crippen LogP contribution in [0.2, 0.25) is 0 Å². The zero-order valence-electron chi connectivity index (χ0n) is 37.8. The summed E-state index contributed by atoms with van der Waals surface area (Å²) in [7, 11) is -5.12. The Kier molecular flexibility index (Phi) is 35.4. The highest BCUT2D eigenvalue weighted by Crippen LogP contribution is 2.26. The van der Waals surface area contributed by atoms with Gasteiger partial charge in [0.25, 0.3) is 0 Å². The molecule has 8 atom stereocenters. The van der Waals surface area contributed by atoms with Crippen LogP contribution in [0.1, 0.15) is 194 Å². The van der Waals surface area contributed by atoms with E-state index in [4.69, 9.17) is 9.47 Å². The molecule has 1 aliphatic heterocycles. The first-order chi connectivity index (χ1) is 29.4. The number of hydrogen-bond donors (Lipinski definition) is 7. The minimum Gasteiger partial charge on any atom is -0.394 e. The second-order valence-electron chi connectivity index (χ2n) is 16.8. The van der Waals surface area contributed by atoms with Crippen LogP contribution < -0.4 is 5.32 Å². The molecule has 1 amide bonds. The number of hydrogen-bond acceptors (Lipinski definition) is 11. The third-order valence-electron chi connectivity index (χ3n) is 11.3. The lowest BCUT2D eigenvalue weighted by Crippen LogP contribution is -2.61. The lowest BCUT2D eigenvalue weighted by molar-refractivity contribution is -0.298. The molecular formula is C47H87NO12S. The van der Waals surface area contributed by atoms with Gasteiger partial charge in [0.2, 0.25) is 5.91 Å². The minimum absolute atomic E-state index is 0.235. The Labute approximate surface area is 369 Å². The van der Waals surface area contributed by atoms with Gasteiger partial charge in [0.15, 0.2) is 6.29 Å². The first-order valence-corrected chi connectivity index (χ1v) is 25.3. The highest BCUT2D eigenvalue weighted by Gasteiger charge is 2.48. The van der Waals surface area contributed by atoms with Gasteiger partial charge in [-0.1, -0.05) is 185 Å². The van der Waals surface area contributed by atoms with Crippen molar-refractivity contribution in [1.29, 1.82) is 0 Å². The summed E-state index contributed by atoms with van der Waals surface area (Å²) in [5, 5.41) is 55.1. The molecule has 61 heavy (non-hydrogen) atoms. The van der Waals surface area contributed by atoms with Crippen LogP contribution in [-0.2, 0) is 28.9 Å². The highest BCUT2D eigenvalue weighted by molar-refractivity contribution is 7.80. The van der Waals surface area contributed by atoms with E-state index in [0.29, 0.717) is 12.8 Å². The summed E-state index contributed by atoms with van der Waals surface area (Å²) in [5.74, 6) is -0.717. The van der Waals surface area contributed by atoms with Crippen molar-refractivity contribution in [2.24, 2.45) is 0 Å². The highest BCUT2D eigenvalue weighted by atomic mass is 32.3. The Morgan fingerprint density at radius 2 is 1.10 bits per heavy atom. The van der Waals surface area contributed by atoms with Gasteiger partial charge >= 0.3 is 10.4 Å². The van der Waals surface area contributed by atoms with E-state index in [0.717, 1.165) is 44.9 Å². The number of rotatable bonds is 40. The maximum atomic E-state index is 13.1. The van der Waals surface area contributed by atoms with Gasteiger partial charge in [-0.15, -0.1) is 0 Å². The SMILES string of the molecule is CCCCCCCCCCCCC/C=C/CC/C=C/CC/C=C/C(O)C(COC1OC(CO)C(O)C(OS(=O)(=O)O)C1O)NC(=O)C(O)CCCCCCCCCCCCC. The monoisotopic (exact) mass is 890 g/mol. The molecule has 0 aromatic heterocycles. The van der Waals surface area contributed by atoms with Crippen LogP contribution in [0.3, 0.4) is 0 Å². The summed E-state index contributed by atoms with van der Waals surface area (Å²) < 4.78 is 47.5. The molecule has 1 saturated heterocycles. The zero-order chi connectivity index (χ0) is 45.0. The topological polar surface area (TPSA) is 212 Å². The molecule has 0 radical (unpaired) electrons. The molecule has 0 bridgehead atoms. The molecule has 0 aromatic rings. The van der Waals surface area contributed by atoms with E-state index in [1.54, 1.807) is 6.08 Å². The maximum absolute atomic E-state index is 13.1. The van der Waals surface area contributed by atoms with Crippen molar-refractivity contribution in [3.05, 3.63) is 36.5 Å². The predicted molar refractivity (Wildman–Crippen MR) is 242 cm³/mol. The van der Waals surface area contributed by atoms with Gasteiger partial charge in [-0.25, -0.2) is 4.18 Å². The van der Waals surface area contributed by atoms with Gasteiger partial charge in [0.1, 0.15) is 30.5 Å². The fourth-order valence-corrected chi connectivity index (χ4v) is 7.94.